The second-order valence-electron chi connectivity index (χ2n) is 6.46. The fourth-order valence-electron chi connectivity index (χ4n) is 3.21. The summed E-state index contributed by atoms with van der Waals surface area (Å²) in [5, 5.41) is 7.99. The maximum atomic E-state index is 2.12. The third-order valence-corrected chi connectivity index (χ3v) is 4.64. The Labute approximate surface area is 204 Å². The van der Waals surface area contributed by atoms with Gasteiger partial charge in [-0.3, -0.25) is 0 Å². The van der Waals surface area contributed by atoms with Crippen molar-refractivity contribution in [1.29, 1.82) is 0 Å². The molecule has 0 aromatic heterocycles. The van der Waals surface area contributed by atoms with Crippen molar-refractivity contribution >= 4 is 32.3 Å². The molecule has 143 valence electrons. The van der Waals surface area contributed by atoms with Gasteiger partial charge >= 0.3 is 46.9 Å². The molecule has 28 heavy (non-hydrogen) atoms. The van der Waals surface area contributed by atoms with E-state index in [0.717, 1.165) is 0 Å². The van der Waals surface area contributed by atoms with E-state index in [-0.39, 0.29) is 46.9 Å². The van der Waals surface area contributed by atoms with E-state index in [4.69, 9.17) is 0 Å². The molecular formula is C27H21Yb. The third-order valence-electron chi connectivity index (χ3n) is 4.64. The molecule has 0 saturated heterocycles. The van der Waals surface area contributed by atoms with Gasteiger partial charge in [0.15, 0.2) is 0 Å². The Morgan fingerprint density at radius 1 is 0.357 bits per heavy atom. The maximum Gasteiger partial charge on any atom is 3.00 e. The Balaban J connectivity index is 0.000000118. The predicted molar refractivity (Wildman–Crippen MR) is 119 cm³/mol. The van der Waals surface area contributed by atoms with Gasteiger partial charge in [0.25, 0.3) is 0 Å². The quantitative estimate of drug-likeness (QED) is 0.181. The average Bonchev–Trinajstić information content (AvgIpc) is 3.48. The Bertz CT molecular complexity index is 985. The van der Waals surface area contributed by atoms with E-state index in [1.165, 1.54) is 32.3 Å². The molecule has 0 atom stereocenters. The number of rotatable bonds is 0. The summed E-state index contributed by atoms with van der Waals surface area (Å²) in [6.07, 6.45) is 0. The fraction of sp³-hybridized carbons (Fsp3) is 0. The molecule has 0 fully saturated rings. The van der Waals surface area contributed by atoms with Crippen LogP contribution in [0, 0.1) is 46.9 Å². The Morgan fingerprint density at radius 2 is 0.643 bits per heavy atom. The normalized spacial score (nSPS) is 9.86. The van der Waals surface area contributed by atoms with Crippen molar-refractivity contribution in [3.8, 4) is 0 Å². The van der Waals surface area contributed by atoms with E-state index in [1.54, 1.807) is 0 Å². The molecule has 0 N–H and O–H groups in total. The third kappa shape index (κ3) is 5.29. The van der Waals surface area contributed by atoms with E-state index in [9.17, 15) is 0 Å². The predicted octanol–water partition coefficient (Wildman–Crippen LogP) is 7.68. The molecule has 0 heterocycles. The van der Waals surface area contributed by atoms with Gasteiger partial charge in [-0.25, -0.2) is 0 Å². The average molecular weight is 519 g/mol. The zero-order chi connectivity index (χ0) is 18.3. The first-order valence-electron chi connectivity index (χ1n) is 9.21. The molecule has 0 amide bonds. The molecule has 0 aliphatic heterocycles. The Morgan fingerprint density at radius 3 is 0.929 bits per heavy atom. The van der Waals surface area contributed by atoms with Crippen molar-refractivity contribution in [1.82, 2.24) is 0 Å². The SMILES string of the molecule is [Yb+3].c1ccc2[cH-]ccc2c1.c1ccc2[cH-]ccc2c1.c1ccc2[cH-]ccc2c1. The molecule has 0 nitrogen and oxygen atoms in total. The van der Waals surface area contributed by atoms with E-state index >= 15 is 0 Å². The molecule has 0 aliphatic carbocycles. The molecule has 6 rings (SSSR count). The number of fused-ring (bicyclic) bond motifs is 3. The molecule has 0 saturated carbocycles. The number of hydrogen-bond acceptors (Lipinski definition) is 0. The molecule has 0 aliphatic rings. The van der Waals surface area contributed by atoms with Crippen molar-refractivity contribution in [2.24, 2.45) is 0 Å². The summed E-state index contributed by atoms with van der Waals surface area (Å²) in [4.78, 5) is 0. The molecular weight excluding hydrogens is 497 g/mol. The van der Waals surface area contributed by atoms with Gasteiger partial charge in [-0.05, 0) is 0 Å². The molecule has 0 unspecified atom stereocenters. The fourth-order valence-corrected chi connectivity index (χ4v) is 3.21. The molecule has 0 bridgehead atoms. The minimum absolute atomic E-state index is 0. The van der Waals surface area contributed by atoms with Crippen LogP contribution >= 0.6 is 0 Å². The van der Waals surface area contributed by atoms with Crippen molar-refractivity contribution < 1.29 is 46.9 Å². The Hall–Kier alpha value is -1.99. The second-order valence-corrected chi connectivity index (χ2v) is 6.46. The van der Waals surface area contributed by atoms with Gasteiger partial charge in [0.05, 0.1) is 0 Å². The molecule has 6 aromatic rings. The van der Waals surface area contributed by atoms with Gasteiger partial charge in [-0.2, -0.15) is 52.6 Å². The first-order chi connectivity index (χ1) is 13.4. The standard InChI is InChI=1S/3C9H7.Yb/c3*1-2-5-9-7-3-6-8(9)4-1;/h3*1-7H;/q3*-1;+3. The topological polar surface area (TPSA) is 0 Å². The van der Waals surface area contributed by atoms with Crippen LogP contribution in [0.5, 0.6) is 0 Å². The summed E-state index contributed by atoms with van der Waals surface area (Å²) >= 11 is 0. The van der Waals surface area contributed by atoms with Gasteiger partial charge in [0.1, 0.15) is 0 Å². The zero-order valence-electron chi connectivity index (χ0n) is 15.4. The second kappa shape index (κ2) is 10.5. The van der Waals surface area contributed by atoms with Crippen molar-refractivity contribution in [3.05, 3.63) is 127 Å². The summed E-state index contributed by atoms with van der Waals surface area (Å²) in [6.45, 7) is 0. The van der Waals surface area contributed by atoms with Crippen LogP contribution in [-0.2, 0) is 0 Å². The van der Waals surface area contributed by atoms with Gasteiger partial charge in [-0.1, -0.05) is 18.2 Å². The minimum atomic E-state index is 0. The van der Waals surface area contributed by atoms with Crippen LogP contribution in [0.15, 0.2) is 127 Å². The maximum absolute atomic E-state index is 2.12. The molecule has 6 aromatic carbocycles. The Kier molecular flexibility index (Phi) is 7.80. The summed E-state index contributed by atoms with van der Waals surface area (Å²) in [7, 11) is 0. The zero-order valence-corrected chi connectivity index (χ0v) is 17.1. The van der Waals surface area contributed by atoms with Crippen LogP contribution in [0.1, 0.15) is 0 Å². The van der Waals surface area contributed by atoms with Crippen LogP contribution < -0.4 is 0 Å². The van der Waals surface area contributed by atoms with E-state index in [1.807, 2.05) is 0 Å². The smallest absolute Gasteiger partial charge is 0.168 e. The van der Waals surface area contributed by atoms with Gasteiger partial charge in [-0.15, -0.1) is 89.0 Å². The van der Waals surface area contributed by atoms with Gasteiger partial charge in [0.2, 0.25) is 0 Å². The van der Waals surface area contributed by atoms with E-state index < -0.39 is 0 Å². The first kappa shape index (κ1) is 20.7. The number of hydrogen-bond donors (Lipinski definition) is 0. The summed E-state index contributed by atoms with van der Waals surface area (Å²) in [6, 6.07) is 44.0. The van der Waals surface area contributed by atoms with Crippen LogP contribution in [0.3, 0.4) is 0 Å². The van der Waals surface area contributed by atoms with Crippen molar-refractivity contribution in [2.75, 3.05) is 0 Å². The summed E-state index contributed by atoms with van der Waals surface area (Å²) < 4.78 is 0. The number of benzene rings is 3. The molecule has 1 heteroatoms. The van der Waals surface area contributed by atoms with Crippen LogP contribution in [0.2, 0.25) is 0 Å². The van der Waals surface area contributed by atoms with Crippen LogP contribution in [0.4, 0.5) is 0 Å². The van der Waals surface area contributed by atoms with E-state index in [2.05, 4.69) is 127 Å². The van der Waals surface area contributed by atoms with Gasteiger partial charge in [0, 0.05) is 0 Å². The first-order valence-corrected chi connectivity index (χ1v) is 9.21. The monoisotopic (exact) mass is 519 g/mol. The van der Waals surface area contributed by atoms with Crippen LogP contribution in [-0.4, -0.2) is 0 Å². The van der Waals surface area contributed by atoms with Gasteiger partial charge < -0.3 is 0 Å². The van der Waals surface area contributed by atoms with E-state index in [0.29, 0.717) is 0 Å². The summed E-state index contributed by atoms with van der Waals surface area (Å²) in [5.41, 5.74) is 0. The molecule has 1 radical (unpaired) electrons. The summed E-state index contributed by atoms with van der Waals surface area (Å²) in [5.74, 6) is 0. The largest absolute Gasteiger partial charge is 3.00 e. The van der Waals surface area contributed by atoms with Crippen LogP contribution in [0.25, 0.3) is 32.3 Å². The van der Waals surface area contributed by atoms with Crippen molar-refractivity contribution in [2.45, 2.75) is 0 Å². The van der Waals surface area contributed by atoms with Crippen molar-refractivity contribution in [3.63, 3.8) is 0 Å². The molecule has 0 spiro atoms. The minimum Gasteiger partial charge on any atom is -0.168 e.